The summed E-state index contributed by atoms with van der Waals surface area (Å²) in [6, 6.07) is 17.2. The third kappa shape index (κ3) is 5.57. The van der Waals surface area contributed by atoms with E-state index >= 15 is 0 Å². The molecule has 0 heterocycles. The van der Waals surface area contributed by atoms with Crippen molar-refractivity contribution in [2.75, 3.05) is 7.11 Å². The Balaban J connectivity index is 1.57. The van der Waals surface area contributed by atoms with Crippen molar-refractivity contribution in [2.45, 2.75) is 64.1 Å². The molecular formula is C24H33NO2. The molecule has 0 spiro atoms. The summed E-state index contributed by atoms with van der Waals surface area (Å²) in [5, 5.41) is 14.1. The van der Waals surface area contributed by atoms with E-state index in [2.05, 4.69) is 62.5 Å². The molecule has 2 aromatic rings. The lowest BCUT2D eigenvalue weighted by molar-refractivity contribution is 0.0543. The Hall–Kier alpha value is -1.84. The molecule has 0 aliphatic heterocycles. The molecule has 1 fully saturated rings. The average molecular weight is 368 g/mol. The molecule has 3 atom stereocenters. The molecule has 0 aromatic heterocycles. The second kappa shape index (κ2) is 8.45. The third-order valence-electron chi connectivity index (χ3n) is 5.45. The number of hydrogen-bond acceptors (Lipinski definition) is 3. The van der Waals surface area contributed by atoms with Crippen LogP contribution < -0.4 is 10.1 Å². The zero-order chi connectivity index (χ0) is 19.4. The first-order valence-electron chi connectivity index (χ1n) is 10.0. The minimum absolute atomic E-state index is 0.0514. The van der Waals surface area contributed by atoms with Crippen LogP contribution in [0.4, 0.5) is 0 Å². The smallest absolute Gasteiger partial charge is 0.118 e. The highest BCUT2D eigenvalue weighted by Crippen LogP contribution is 2.30. The van der Waals surface area contributed by atoms with Gasteiger partial charge in [-0.05, 0) is 81.2 Å². The molecule has 1 aliphatic rings. The largest absolute Gasteiger partial charge is 0.497 e. The van der Waals surface area contributed by atoms with Gasteiger partial charge in [-0.3, -0.25) is 0 Å². The molecule has 0 amide bonds. The van der Waals surface area contributed by atoms with Gasteiger partial charge in [-0.2, -0.15) is 0 Å². The summed E-state index contributed by atoms with van der Waals surface area (Å²) in [6.45, 7) is 6.49. The molecule has 0 saturated heterocycles. The average Bonchev–Trinajstić information content (AvgIpc) is 2.64. The number of nitrogens with one attached hydrogen (secondary N) is 1. The number of benzene rings is 2. The fourth-order valence-electron chi connectivity index (χ4n) is 4.09. The van der Waals surface area contributed by atoms with E-state index < -0.39 is 0 Å². The SMILES string of the molecule is COc1ccc(-c2ccc(C[C@H]3CC[C@@H](NC(C)(C)C)[C@H](O)C3)cc2)cc1. The van der Waals surface area contributed by atoms with E-state index in [0.717, 1.165) is 25.0 Å². The zero-order valence-corrected chi connectivity index (χ0v) is 17.0. The Morgan fingerprint density at radius 2 is 1.56 bits per heavy atom. The molecule has 1 saturated carbocycles. The van der Waals surface area contributed by atoms with Gasteiger partial charge < -0.3 is 15.2 Å². The summed E-state index contributed by atoms with van der Waals surface area (Å²) < 4.78 is 5.23. The van der Waals surface area contributed by atoms with Crippen LogP contribution in [0.25, 0.3) is 11.1 Å². The maximum atomic E-state index is 10.5. The lowest BCUT2D eigenvalue weighted by Gasteiger charge is -2.38. The molecule has 3 rings (SSSR count). The molecule has 3 nitrogen and oxygen atoms in total. The molecule has 1 aliphatic carbocycles. The van der Waals surface area contributed by atoms with Crippen LogP contribution in [0.1, 0.15) is 45.6 Å². The van der Waals surface area contributed by atoms with Crippen molar-refractivity contribution in [3.05, 3.63) is 54.1 Å². The quantitative estimate of drug-likeness (QED) is 0.796. The highest BCUT2D eigenvalue weighted by molar-refractivity contribution is 5.64. The maximum Gasteiger partial charge on any atom is 0.118 e. The number of rotatable bonds is 5. The van der Waals surface area contributed by atoms with Crippen LogP contribution in [-0.4, -0.2) is 29.9 Å². The van der Waals surface area contributed by atoms with E-state index in [9.17, 15) is 5.11 Å². The van der Waals surface area contributed by atoms with Crippen LogP contribution in [0.15, 0.2) is 48.5 Å². The molecule has 0 bridgehead atoms. The van der Waals surface area contributed by atoms with Crippen molar-refractivity contribution in [3.8, 4) is 16.9 Å². The van der Waals surface area contributed by atoms with Crippen LogP contribution in [0, 0.1) is 5.92 Å². The van der Waals surface area contributed by atoms with Crippen LogP contribution in [0.3, 0.4) is 0 Å². The van der Waals surface area contributed by atoms with E-state index in [1.807, 2.05) is 12.1 Å². The lowest BCUT2D eigenvalue weighted by atomic mass is 9.80. The van der Waals surface area contributed by atoms with Gasteiger partial charge in [0.1, 0.15) is 5.75 Å². The second-order valence-electron chi connectivity index (χ2n) is 8.88. The molecule has 2 aromatic carbocycles. The van der Waals surface area contributed by atoms with Crippen molar-refractivity contribution in [1.29, 1.82) is 0 Å². The van der Waals surface area contributed by atoms with Crippen LogP contribution in [0.2, 0.25) is 0 Å². The van der Waals surface area contributed by atoms with Gasteiger partial charge in [-0.1, -0.05) is 36.4 Å². The highest BCUT2D eigenvalue weighted by Gasteiger charge is 2.31. The van der Waals surface area contributed by atoms with Gasteiger partial charge in [0.25, 0.3) is 0 Å². The summed E-state index contributed by atoms with van der Waals surface area (Å²) in [7, 11) is 1.69. The Morgan fingerprint density at radius 3 is 2.07 bits per heavy atom. The molecule has 0 unspecified atom stereocenters. The fourth-order valence-corrected chi connectivity index (χ4v) is 4.09. The number of hydrogen-bond donors (Lipinski definition) is 2. The lowest BCUT2D eigenvalue weighted by Crippen LogP contribution is -2.51. The van der Waals surface area contributed by atoms with Crippen molar-refractivity contribution in [2.24, 2.45) is 5.92 Å². The highest BCUT2D eigenvalue weighted by atomic mass is 16.5. The topological polar surface area (TPSA) is 41.5 Å². The first kappa shape index (κ1) is 19.9. The maximum absolute atomic E-state index is 10.5. The molecular weight excluding hydrogens is 334 g/mol. The number of methoxy groups -OCH3 is 1. The van der Waals surface area contributed by atoms with Gasteiger partial charge >= 0.3 is 0 Å². The van der Waals surface area contributed by atoms with Gasteiger partial charge in [0, 0.05) is 11.6 Å². The van der Waals surface area contributed by atoms with Crippen molar-refractivity contribution in [1.82, 2.24) is 5.32 Å². The van der Waals surface area contributed by atoms with E-state index in [-0.39, 0.29) is 17.7 Å². The third-order valence-corrected chi connectivity index (χ3v) is 5.45. The molecule has 0 radical (unpaired) electrons. The van der Waals surface area contributed by atoms with E-state index in [1.165, 1.54) is 23.1 Å². The fraction of sp³-hybridized carbons (Fsp3) is 0.500. The minimum atomic E-state index is -0.249. The van der Waals surface area contributed by atoms with Gasteiger partial charge in [-0.25, -0.2) is 0 Å². The van der Waals surface area contributed by atoms with Crippen LogP contribution in [0.5, 0.6) is 5.75 Å². The standard InChI is InChI=1S/C24H33NO2/c1-24(2,3)25-22-14-7-18(16-23(22)26)15-17-5-8-19(9-6-17)20-10-12-21(27-4)13-11-20/h5-6,8-13,18,22-23,25-26H,7,14-16H2,1-4H3/t18-,22-,23-/m1/s1. The van der Waals surface area contributed by atoms with Crippen LogP contribution in [-0.2, 0) is 6.42 Å². The predicted octanol–water partition coefficient (Wildman–Crippen LogP) is 4.82. The number of aliphatic hydroxyl groups is 1. The Labute approximate surface area is 163 Å². The van der Waals surface area contributed by atoms with Crippen molar-refractivity contribution < 1.29 is 9.84 Å². The van der Waals surface area contributed by atoms with Gasteiger partial charge in [-0.15, -0.1) is 0 Å². The van der Waals surface area contributed by atoms with Crippen molar-refractivity contribution >= 4 is 0 Å². The zero-order valence-electron chi connectivity index (χ0n) is 17.0. The summed E-state index contributed by atoms with van der Waals surface area (Å²) in [5.74, 6) is 1.44. The Kier molecular flexibility index (Phi) is 6.23. The van der Waals surface area contributed by atoms with E-state index in [1.54, 1.807) is 7.11 Å². The van der Waals surface area contributed by atoms with Crippen molar-refractivity contribution in [3.63, 3.8) is 0 Å². The molecule has 3 heteroatoms. The Bertz CT molecular complexity index is 716. The van der Waals surface area contributed by atoms with Gasteiger partial charge in [0.15, 0.2) is 0 Å². The monoisotopic (exact) mass is 367 g/mol. The number of aliphatic hydroxyl groups excluding tert-OH is 1. The molecule has 146 valence electrons. The summed E-state index contributed by atoms with van der Waals surface area (Å²) in [6.07, 6.45) is 3.90. The first-order valence-corrected chi connectivity index (χ1v) is 10.0. The summed E-state index contributed by atoms with van der Waals surface area (Å²) in [4.78, 5) is 0. The van der Waals surface area contributed by atoms with Gasteiger partial charge in [0.05, 0.1) is 13.2 Å². The van der Waals surface area contributed by atoms with E-state index in [4.69, 9.17) is 4.74 Å². The van der Waals surface area contributed by atoms with E-state index in [0.29, 0.717) is 5.92 Å². The molecule has 27 heavy (non-hydrogen) atoms. The predicted molar refractivity (Wildman–Crippen MR) is 112 cm³/mol. The normalized spacial score (nSPS) is 23.2. The minimum Gasteiger partial charge on any atom is -0.497 e. The molecule has 2 N–H and O–H groups in total. The second-order valence-corrected chi connectivity index (χ2v) is 8.88. The van der Waals surface area contributed by atoms with Gasteiger partial charge in [0.2, 0.25) is 0 Å². The van der Waals surface area contributed by atoms with Crippen LogP contribution >= 0.6 is 0 Å². The Morgan fingerprint density at radius 1 is 0.963 bits per heavy atom. The number of ether oxygens (including phenoxy) is 1. The first-order chi connectivity index (χ1) is 12.8. The summed E-state index contributed by atoms with van der Waals surface area (Å²) in [5.41, 5.74) is 3.83. The summed E-state index contributed by atoms with van der Waals surface area (Å²) >= 11 is 0.